The highest BCUT2D eigenvalue weighted by atomic mass is 32.1. The minimum atomic E-state index is -0.400. The quantitative estimate of drug-likeness (QED) is 0.902. The number of hydrogen-bond acceptors (Lipinski definition) is 5. The number of halogens is 1. The topological polar surface area (TPSA) is 41.1 Å². The van der Waals surface area contributed by atoms with Crippen molar-refractivity contribution in [3.05, 3.63) is 34.4 Å². The lowest BCUT2D eigenvalue weighted by Crippen LogP contribution is -2.23. The summed E-state index contributed by atoms with van der Waals surface area (Å²) in [6, 6.07) is 4.10. The maximum absolute atomic E-state index is 13.6. The molecule has 6 heteroatoms. The van der Waals surface area contributed by atoms with Gasteiger partial charge in [0.15, 0.2) is 11.6 Å². The molecule has 0 atom stereocenters. The zero-order valence-corrected chi connectivity index (χ0v) is 11.2. The Bertz CT molecular complexity index is 501. The van der Waals surface area contributed by atoms with E-state index in [1.807, 2.05) is 18.5 Å². The van der Waals surface area contributed by atoms with Crippen molar-refractivity contribution in [1.29, 1.82) is 0 Å². The van der Waals surface area contributed by atoms with E-state index in [-0.39, 0.29) is 0 Å². The molecule has 96 valence electrons. The van der Waals surface area contributed by atoms with Crippen molar-refractivity contribution in [1.82, 2.24) is 9.97 Å². The molecule has 0 bridgehead atoms. The molecule has 0 unspecified atom stereocenters. The maximum atomic E-state index is 13.6. The van der Waals surface area contributed by atoms with Crippen LogP contribution in [-0.4, -0.2) is 30.6 Å². The van der Waals surface area contributed by atoms with Gasteiger partial charge in [-0.1, -0.05) is 6.07 Å². The van der Waals surface area contributed by atoms with Gasteiger partial charge in [-0.05, 0) is 17.9 Å². The number of thiophene rings is 1. The number of anilines is 2. The third-order valence-corrected chi connectivity index (χ3v) is 3.52. The first-order chi connectivity index (χ1) is 8.70. The first-order valence-electron chi connectivity index (χ1n) is 5.64. The predicted molar refractivity (Wildman–Crippen MR) is 72.8 cm³/mol. The summed E-state index contributed by atoms with van der Waals surface area (Å²) in [5.74, 6) is 0.350. The summed E-state index contributed by atoms with van der Waals surface area (Å²) in [6.07, 6.45) is 2.07. The normalized spacial score (nSPS) is 10.4. The van der Waals surface area contributed by atoms with E-state index >= 15 is 0 Å². The molecule has 0 fully saturated rings. The van der Waals surface area contributed by atoms with E-state index in [0.717, 1.165) is 13.0 Å². The summed E-state index contributed by atoms with van der Waals surface area (Å²) in [5.41, 5.74) is 0. The van der Waals surface area contributed by atoms with Crippen LogP contribution in [0.25, 0.3) is 0 Å². The zero-order valence-electron chi connectivity index (χ0n) is 10.4. The molecule has 0 spiro atoms. The lowest BCUT2D eigenvalue weighted by molar-refractivity contribution is 0.608. The molecule has 0 amide bonds. The summed E-state index contributed by atoms with van der Waals surface area (Å²) < 4.78 is 13.6. The number of nitrogens with one attached hydrogen (secondary N) is 1. The molecule has 1 N–H and O–H groups in total. The molecule has 0 radical (unpaired) electrons. The van der Waals surface area contributed by atoms with Gasteiger partial charge < -0.3 is 10.2 Å². The van der Waals surface area contributed by atoms with Crippen molar-refractivity contribution in [3.63, 3.8) is 0 Å². The van der Waals surface area contributed by atoms with Crippen LogP contribution in [0.2, 0.25) is 0 Å². The van der Waals surface area contributed by atoms with Gasteiger partial charge in [0, 0.05) is 25.5 Å². The van der Waals surface area contributed by atoms with Crippen LogP contribution in [-0.2, 0) is 6.42 Å². The Morgan fingerprint density at radius 3 is 3.00 bits per heavy atom. The average Bonchev–Trinajstić information content (AvgIpc) is 2.89. The molecular weight excluding hydrogens is 251 g/mol. The number of likely N-dealkylation sites (N-methyl/N-ethyl adjacent to an activating group) is 1. The highest BCUT2D eigenvalue weighted by Crippen LogP contribution is 2.17. The Hall–Kier alpha value is -1.69. The number of aromatic nitrogens is 2. The highest BCUT2D eigenvalue weighted by Gasteiger charge is 2.11. The number of nitrogens with zero attached hydrogens (tertiary/aromatic N) is 3. The second kappa shape index (κ2) is 5.77. The first kappa shape index (κ1) is 12.8. The average molecular weight is 266 g/mol. The van der Waals surface area contributed by atoms with Crippen molar-refractivity contribution in [2.45, 2.75) is 6.42 Å². The van der Waals surface area contributed by atoms with Crippen molar-refractivity contribution in [2.24, 2.45) is 0 Å². The highest BCUT2D eigenvalue weighted by molar-refractivity contribution is 7.09. The first-order valence-corrected chi connectivity index (χ1v) is 6.52. The minimum Gasteiger partial charge on any atom is -0.357 e. The molecule has 2 aromatic rings. The Balaban J connectivity index is 2.05. The SMILES string of the molecule is CNc1ncc(F)c(N(C)CCc2cccs2)n1. The number of hydrogen-bond donors (Lipinski definition) is 1. The maximum Gasteiger partial charge on any atom is 0.224 e. The lowest BCUT2D eigenvalue weighted by Gasteiger charge is -2.18. The molecule has 2 aromatic heterocycles. The molecule has 0 aliphatic carbocycles. The van der Waals surface area contributed by atoms with Crippen molar-refractivity contribution >= 4 is 23.1 Å². The van der Waals surface area contributed by atoms with E-state index in [0.29, 0.717) is 11.8 Å². The van der Waals surface area contributed by atoms with E-state index in [9.17, 15) is 4.39 Å². The van der Waals surface area contributed by atoms with Gasteiger partial charge in [0.25, 0.3) is 0 Å². The smallest absolute Gasteiger partial charge is 0.224 e. The van der Waals surface area contributed by atoms with Crippen LogP contribution in [0.4, 0.5) is 16.2 Å². The van der Waals surface area contributed by atoms with Gasteiger partial charge in [-0.25, -0.2) is 9.37 Å². The second-order valence-electron chi connectivity index (χ2n) is 3.87. The van der Waals surface area contributed by atoms with Gasteiger partial charge in [-0.2, -0.15) is 4.98 Å². The van der Waals surface area contributed by atoms with Crippen LogP contribution in [0.1, 0.15) is 4.88 Å². The van der Waals surface area contributed by atoms with E-state index < -0.39 is 5.82 Å². The van der Waals surface area contributed by atoms with Crippen LogP contribution in [0.5, 0.6) is 0 Å². The Morgan fingerprint density at radius 1 is 1.50 bits per heavy atom. The minimum absolute atomic E-state index is 0.325. The molecule has 0 aliphatic rings. The summed E-state index contributed by atoms with van der Waals surface area (Å²) >= 11 is 1.71. The fourth-order valence-corrected chi connectivity index (χ4v) is 2.28. The third-order valence-electron chi connectivity index (χ3n) is 2.58. The van der Waals surface area contributed by atoms with E-state index in [1.54, 1.807) is 23.3 Å². The van der Waals surface area contributed by atoms with Crippen LogP contribution in [0.15, 0.2) is 23.7 Å². The largest absolute Gasteiger partial charge is 0.357 e. The fourth-order valence-electron chi connectivity index (χ4n) is 1.58. The standard InChI is InChI=1S/C12H15FN4S/c1-14-12-15-8-10(13)11(16-12)17(2)6-5-9-4-3-7-18-9/h3-4,7-8H,5-6H2,1-2H3,(H,14,15,16). The predicted octanol–water partition coefficient (Wildman–Crippen LogP) is 2.40. The van der Waals surface area contributed by atoms with E-state index in [2.05, 4.69) is 21.4 Å². The van der Waals surface area contributed by atoms with E-state index in [4.69, 9.17) is 0 Å². The van der Waals surface area contributed by atoms with Crippen molar-refractivity contribution < 1.29 is 4.39 Å². The molecule has 0 saturated carbocycles. The van der Waals surface area contributed by atoms with Gasteiger partial charge in [0.2, 0.25) is 5.95 Å². The van der Waals surface area contributed by atoms with Gasteiger partial charge in [0.05, 0.1) is 6.20 Å². The molecule has 0 aliphatic heterocycles. The summed E-state index contributed by atoms with van der Waals surface area (Å²) in [7, 11) is 3.54. The second-order valence-corrected chi connectivity index (χ2v) is 4.90. The molecule has 4 nitrogen and oxygen atoms in total. The zero-order chi connectivity index (χ0) is 13.0. The third kappa shape index (κ3) is 2.95. The molecule has 2 heterocycles. The summed E-state index contributed by atoms with van der Waals surface area (Å²) in [5, 5.41) is 4.85. The lowest BCUT2D eigenvalue weighted by atomic mass is 10.3. The van der Waals surface area contributed by atoms with Crippen LogP contribution in [0.3, 0.4) is 0 Å². The molecule has 0 aromatic carbocycles. The van der Waals surface area contributed by atoms with Crippen LogP contribution >= 0.6 is 11.3 Å². The fraction of sp³-hybridized carbons (Fsp3) is 0.333. The van der Waals surface area contributed by atoms with Crippen molar-refractivity contribution in [3.8, 4) is 0 Å². The number of rotatable bonds is 5. The van der Waals surface area contributed by atoms with Gasteiger partial charge >= 0.3 is 0 Å². The summed E-state index contributed by atoms with van der Waals surface area (Å²) in [4.78, 5) is 11.0. The Labute approximate surface area is 110 Å². The van der Waals surface area contributed by atoms with Crippen LogP contribution in [0, 0.1) is 5.82 Å². The monoisotopic (exact) mass is 266 g/mol. The van der Waals surface area contributed by atoms with Gasteiger partial charge in [0.1, 0.15) is 0 Å². The van der Waals surface area contributed by atoms with E-state index in [1.165, 1.54) is 11.1 Å². The summed E-state index contributed by atoms with van der Waals surface area (Å²) in [6.45, 7) is 0.720. The molecular formula is C12H15FN4S. The Kier molecular flexibility index (Phi) is 4.09. The Morgan fingerprint density at radius 2 is 2.33 bits per heavy atom. The van der Waals surface area contributed by atoms with Gasteiger partial charge in [-0.3, -0.25) is 0 Å². The van der Waals surface area contributed by atoms with Gasteiger partial charge in [-0.15, -0.1) is 11.3 Å². The molecule has 0 saturated heterocycles. The van der Waals surface area contributed by atoms with Crippen molar-refractivity contribution in [2.75, 3.05) is 30.9 Å². The molecule has 2 rings (SSSR count). The molecule has 18 heavy (non-hydrogen) atoms. The van der Waals surface area contributed by atoms with Crippen LogP contribution < -0.4 is 10.2 Å².